The maximum atomic E-state index is 12.5. The van der Waals surface area contributed by atoms with Crippen LogP contribution >= 0.6 is 0 Å². The van der Waals surface area contributed by atoms with Gasteiger partial charge in [0.1, 0.15) is 12.6 Å². The number of hydrogen-bond acceptors (Lipinski definition) is 4. The number of H-pyrrole nitrogens is 1. The van der Waals surface area contributed by atoms with Crippen molar-refractivity contribution in [3.8, 4) is 0 Å². The third-order valence-electron chi connectivity index (χ3n) is 3.91. The molecule has 7 heteroatoms. The predicted molar refractivity (Wildman–Crippen MR) is 82.7 cm³/mol. The molecule has 1 atom stereocenters. The first-order valence-corrected chi connectivity index (χ1v) is 7.39. The second-order valence-corrected chi connectivity index (χ2v) is 5.26. The highest BCUT2D eigenvalue weighted by Gasteiger charge is 2.34. The molecule has 2 N–H and O–H groups in total. The quantitative estimate of drug-likeness (QED) is 0.835. The Balaban J connectivity index is 1.87. The van der Waals surface area contributed by atoms with Crippen molar-refractivity contribution in [2.45, 2.75) is 12.5 Å². The minimum absolute atomic E-state index is 0.152. The Morgan fingerprint density at radius 1 is 1.39 bits per heavy atom. The predicted octanol–water partition coefficient (Wildman–Crippen LogP) is 1.24. The van der Waals surface area contributed by atoms with E-state index in [1.165, 1.54) is 7.11 Å². The van der Waals surface area contributed by atoms with Crippen LogP contribution in [0.5, 0.6) is 0 Å². The molecule has 0 spiro atoms. The van der Waals surface area contributed by atoms with Crippen LogP contribution in [0, 0.1) is 0 Å². The number of benzene rings is 1. The number of nitrogens with one attached hydrogen (secondary N) is 2. The summed E-state index contributed by atoms with van der Waals surface area (Å²) < 4.78 is 4.55. The number of ether oxygens (including phenoxy) is 1. The van der Waals surface area contributed by atoms with E-state index >= 15 is 0 Å². The highest BCUT2D eigenvalue weighted by Crippen LogP contribution is 2.33. The Morgan fingerprint density at radius 2 is 2.17 bits per heavy atom. The van der Waals surface area contributed by atoms with Gasteiger partial charge in [-0.05, 0) is 5.56 Å². The molecule has 0 aliphatic carbocycles. The van der Waals surface area contributed by atoms with E-state index in [4.69, 9.17) is 0 Å². The average Bonchev–Trinajstić information content (AvgIpc) is 3.07. The van der Waals surface area contributed by atoms with Gasteiger partial charge in [-0.3, -0.25) is 4.79 Å². The highest BCUT2D eigenvalue weighted by atomic mass is 16.5. The topological polar surface area (TPSA) is 87.3 Å². The molecule has 2 aromatic rings. The van der Waals surface area contributed by atoms with Gasteiger partial charge < -0.3 is 19.9 Å². The van der Waals surface area contributed by atoms with E-state index < -0.39 is 5.97 Å². The Labute approximate surface area is 133 Å². The number of rotatable bonds is 3. The number of hydrogen-bond donors (Lipinski definition) is 2. The molecule has 0 saturated heterocycles. The lowest BCUT2D eigenvalue weighted by Crippen LogP contribution is -2.47. The standard InChI is InChI=1S/C16H18N4O3/c1-23-13(21)9-17-16(22)20-8-7-12-14(19-10-18-12)15(20)11-5-3-2-4-6-11/h2-6,10,15H,7-9H2,1H3,(H,17,22)(H,18,19). The minimum Gasteiger partial charge on any atom is -0.468 e. The van der Waals surface area contributed by atoms with Crippen molar-refractivity contribution in [2.24, 2.45) is 0 Å². The van der Waals surface area contributed by atoms with Crippen molar-refractivity contribution in [1.82, 2.24) is 20.2 Å². The Bertz CT molecular complexity index is 698. The largest absolute Gasteiger partial charge is 0.468 e. The van der Waals surface area contributed by atoms with Crippen LogP contribution in [0.4, 0.5) is 4.79 Å². The summed E-state index contributed by atoms with van der Waals surface area (Å²) in [7, 11) is 1.29. The summed E-state index contributed by atoms with van der Waals surface area (Å²) in [6, 6.07) is 9.15. The number of nitrogens with zero attached hydrogens (tertiary/aromatic N) is 2. The van der Waals surface area contributed by atoms with Crippen LogP contribution in [-0.4, -0.2) is 47.1 Å². The van der Waals surface area contributed by atoms with Crippen LogP contribution in [0.1, 0.15) is 23.0 Å². The van der Waals surface area contributed by atoms with Crippen LogP contribution in [-0.2, 0) is 16.0 Å². The van der Waals surface area contributed by atoms with Crippen LogP contribution < -0.4 is 5.32 Å². The molecular formula is C16H18N4O3. The average molecular weight is 314 g/mol. The van der Waals surface area contributed by atoms with E-state index in [0.29, 0.717) is 13.0 Å². The summed E-state index contributed by atoms with van der Waals surface area (Å²) in [6.45, 7) is 0.391. The van der Waals surface area contributed by atoms with Gasteiger partial charge in [-0.1, -0.05) is 30.3 Å². The molecule has 0 saturated carbocycles. The number of aromatic nitrogens is 2. The lowest BCUT2D eigenvalue weighted by atomic mass is 9.96. The lowest BCUT2D eigenvalue weighted by molar-refractivity contribution is -0.139. The van der Waals surface area contributed by atoms with Gasteiger partial charge in [-0.2, -0.15) is 0 Å². The van der Waals surface area contributed by atoms with Gasteiger partial charge in [-0.25, -0.2) is 9.78 Å². The summed E-state index contributed by atoms with van der Waals surface area (Å²) in [5, 5.41) is 2.60. The number of amides is 2. The lowest BCUT2D eigenvalue weighted by Gasteiger charge is -2.35. The van der Waals surface area contributed by atoms with Crippen LogP contribution in [0.3, 0.4) is 0 Å². The molecular weight excluding hydrogens is 296 g/mol. The van der Waals surface area contributed by atoms with Gasteiger partial charge in [0, 0.05) is 18.7 Å². The molecule has 1 unspecified atom stereocenters. The number of aromatic amines is 1. The zero-order valence-corrected chi connectivity index (χ0v) is 12.8. The van der Waals surface area contributed by atoms with E-state index in [2.05, 4.69) is 20.0 Å². The molecule has 2 amide bonds. The smallest absolute Gasteiger partial charge is 0.325 e. The van der Waals surface area contributed by atoms with Crippen LogP contribution in [0.25, 0.3) is 0 Å². The molecule has 7 nitrogen and oxygen atoms in total. The third kappa shape index (κ3) is 3.03. The van der Waals surface area contributed by atoms with E-state index in [1.54, 1.807) is 11.2 Å². The van der Waals surface area contributed by atoms with Crippen molar-refractivity contribution in [2.75, 3.05) is 20.2 Å². The van der Waals surface area contributed by atoms with Crippen LogP contribution in [0.2, 0.25) is 0 Å². The fourth-order valence-electron chi connectivity index (χ4n) is 2.79. The van der Waals surface area contributed by atoms with Gasteiger partial charge in [0.05, 0.1) is 19.1 Å². The zero-order valence-electron chi connectivity index (χ0n) is 12.8. The molecule has 1 aromatic heterocycles. The minimum atomic E-state index is -0.480. The zero-order chi connectivity index (χ0) is 16.2. The maximum Gasteiger partial charge on any atom is 0.325 e. The van der Waals surface area contributed by atoms with Gasteiger partial charge in [0.25, 0.3) is 0 Å². The first kappa shape index (κ1) is 15.1. The van der Waals surface area contributed by atoms with Crippen molar-refractivity contribution in [1.29, 1.82) is 0 Å². The Hall–Kier alpha value is -2.83. The number of fused-ring (bicyclic) bond motifs is 1. The number of esters is 1. The molecule has 0 bridgehead atoms. The molecule has 0 radical (unpaired) electrons. The van der Waals surface area contributed by atoms with Crippen molar-refractivity contribution < 1.29 is 14.3 Å². The first-order valence-electron chi connectivity index (χ1n) is 7.39. The monoisotopic (exact) mass is 314 g/mol. The van der Waals surface area contributed by atoms with Gasteiger partial charge >= 0.3 is 12.0 Å². The summed E-state index contributed by atoms with van der Waals surface area (Å²) in [5.41, 5.74) is 2.86. The van der Waals surface area contributed by atoms with E-state index in [0.717, 1.165) is 17.0 Å². The first-order chi connectivity index (χ1) is 11.2. The summed E-state index contributed by atoms with van der Waals surface area (Å²) in [4.78, 5) is 33.0. The summed E-state index contributed by atoms with van der Waals surface area (Å²) in [5.74, 6) is -0.480. The number of urea groups is 1. The molecule has 120 valence electrons. The Morgan fingerprint density at radius 3 is 2.91 bits per heavy atom. The highest BCUT2D eigenvalue weighted by molar-refractivity contribution is 5.81. The second kappa shape index (κ2) is 6.51. The molecule has 0 fully saturated rings. The van der Waals surface area contributed by atoms with E-state index in [1.807, 2.05) is 30.3 Å². The summed E-state index contributed by atoms with van der Waals surface area (Å²) in [6.07, 6.45) is 2.35. The fourth-order valence-corrected chi connectivity index (χ4v) is 2.79. The number of carbonyl (C=O) groups is 2. The van der Waals surface area contributed by atoms with E-state index in [9.17, 15) is 9.59 Å². The van der Waals surface area contributed by atoms with Crippen LogP contribution in [0.15, 0.2) is 36.7 Å². The molecule has 1 aromatic carbocycles. The number of imidazole rings is 1. The third-order valence-corrected chi connectivity index (χ3v) is 3.91. The molecule has 2 heterocycles. The second-order valence-electron chi connectivity index (χ2n) is 5.26. The van der Waals surface area contributed by atoms with Crippen molar-refractivity contribution in [3.63, 3.8) is 0 Å². The summed E-state index contributed by atoms with van der Waals surface area (Å²) >= 11 is 0. The van der Waals surface area contributed by atoms with Gasteiger partial charge in [0.2, 0.25) is 0 Å². The molecule has 1 aliphatic heterocycles. The van der Waals surface area contributed by atoms with Crippen molar-refractivity contribution in [3.05, 3.63) is 53.6 Å². The van der Waals surface area contributed by atoms with E-state index in [-0.39, 0.29) is 18.6 Å². The number of carbonyl (C=O) groups excluding carboxylic acids is 2. The van der Waals surface area contributed by atoms with Gasteiger partial charge in [-0.15, -0.1) is 0 Å². The SMILES string of the molecule is COC(=O)CNC(=O)N1CCc2[nH]cnc2C1c1ccccc1. The molecule has 1 aliphatic rings. The molecule has 3 rings (SSSR count). The van der Waals surface area contributed by atoms with Gasteiger partial charge in [0.15, 0.2) is 0 Å². The van der Waals surface area contributed by atoms with Crippen molar-refractivity contribution >= 4 is 12.0 Å². The Kier molecular flexibility index (Phi) is 4.27. The molecule has 23 heavy (non-hydrogen) atoms. The fraction of sp³-hybridized carbons (Fsp3) is 0.312. The number of methoxy groups -OCH3 is 1. The maximum absolute atomic E-state index is 12.5. The normalized spacial score (nSPS) is 16.6.